The molecule has 1 aliphatic rings. The molecule has 5 nitrogen and oxygen atoms in total. The van der Waals surface area contributed by atoms with Gasteiger partial charge >= 0.3 is 0 Å². The Bertz CT molecular complexity index is 387. The summed E-state index contributed by atoms with van der Waals surface area (Å²) in [5.74, 6) is 0.629. The van der Waals surface area contributed by atoms with Gasteiger partial charge in [-0.1, -0.05) is 11.6 Å². The number of aromatic nitrogens is 3. The van der Waals surface area contributed by atoms with Gasteiger partial charge in [0.15, 0.2) is 5.15 Å². The quantitative estimate of drug-likeness (QED) is 0.746. The number of ether oxygens (including phenoxy) is 1. The van der Waals surface area contributed by atoms with Crippen LogP contribution in [0.4, 0.5) is 5.95 Å². The molecular weight excluding hydrogens is 228 g/mol. The second kappa shape index (κ2) is 4.51. The Morgan fingerprint density at radius 3 is 2.81 bits per heavy atom. The fourth-order valence-electron chi connectivity index (χ4n) is 1.68. The van der Waals surface area contributed by atoms with Gasteiger partial charge in [-0.05, 0) is 20.8 Å². The maximum Gasteiger partial charge on any atom is 0.246 e. The average molecular weight is 243 g/mol. The zero-order valence-electron chi connectivity index (χ0n) is 9.64. The van der Waals surface area contributed by atoms with Crippen LogP contribution in [0.3, 0.4) is 0 Å². The van der Waals surface area contributed by atoms with Crippen LogP contribution in [0.15, 0.2) is 0 Å². The molecule has 0 spiro atoms. The topological polar surface area (TPSA) is 51.1 Å². The minimum atomic E-state index is 0.191. The number of anilines is 1. The summed E-state index contributed by atoms with van der Waals surface area (Å²) >= 11 is 5.81. The number of hydrogen-bond donors (Lipinski definition) is 0. The molecule has 16 heavy (non-hydrogen) atoms. The third-order valence-corrected chi connectivity index (χ3v) is 3.01. The predicted octanol–water partition coefficient (Wildman–Crippen LogP) is 1.45. The van der Waals surface area contributed by atoms with Gasteiger partial charge in [-0.15, -0.1) is 10.2 Å². The standard InChI is InChI=1S/C10H15ClN4O/c1-6-5-16-7(2)4-15(6)10-12-8(3)9(11)13-14-10/h6-7H,4-5H2,1-3H3/t6-,7+/m1/s1. The third kappa shape index (κ3) is 2.25. The fraction of sp³-hybridized carbons (Fsp3) is 0.700. The number of rotatable bonds is 1. The van der Waals surface area contributed by atoms with Crippen molar-refractivity contribution in [2.45, 2.75) is 32.9 Å². The van der Waals surface area contributed by atoms with E-state index in [9.17, 15) is 0 Å². The largest absolute Gasteiger partial charge is 0.375 e. The van der Waals surface area contributed by atoms with E-state index in [1.165, 1.54) is 0 Å². The van der Waals surface area contributed by atoms with Crippen LogP contribution in [0.5, 0.6) is 0 Å². The highest BCUT2D eigenvalue weighted by molar-refractivity contribution is 6.29. The van der Waals surface area contributed by atoms with E-state index in [0.29, 0.717) is 23.4 Å². The molecule has 1 saturated heterocycles. The van der Waals surface area contributed by atoms with Crippen molar-refractivity contribution < 1.29 is 4.74 Å². The normalized spacial score (nSPS) is 25.9. The van der Waals surface area contributed by atoms with Gasteiger partial charge < -0.3 is 9.64 Å². The number of morpholine rings is 1. The lowest BCUT2D eigenvalue weighted by atomic mass is 10.2. The molecule has 0 N–H and O–H groups in total. The first-order valence-electron chi connectivity index (χ1n) is 5.33. The Morgan fingerprint density at radius 1 is 1.38 bits per heavy atom. The lowest BCUT2D eigenvalue weighted by molar-refractivity contribution is 0.0336. The number of halogens is 1. The number of hydrogen-bond acceptors (Lipinski definition) is 5. The Morgan fingerprint density at radius 2 is 2.12 bits per heavy atom. The van der Waals surface area contributed by atoms with Gasteiger partial charge in [-0.25, -0.2) is 4.98 Å². The summed E-state index contributed by atoms with van der Waals surface area (Å²) in [4.78, 5) is 6.45. The lowest BCUT2D eigenvalue weighted by Gasteiger charge is -2.36. The van der Waals surface area contributed by atoms with Gasteiger partial charge in [0.1, 0.15) is 0 Å². The molecule has 0 aliphatic carbocycles. The Labute approximate surface area is 99.8 Å². The van der Waals surface area contributed by atoms with Crippen LogP contribution in [-0.4, -0.2) is 40.5 Å². The van der Waals surface area contributed by atoms with Crippen molar-refractivity contribution >= 4 is 17.5 Å². The molecule has 1 aromatic rings. The maximum atomic E-state index is 5.81. The molecule has 0 aromatic carbocycles. The molecule has 6 heteroatoms. The van der Waals surface area contributed by atoms with Crippen LogP contribution >= 0.6 is 11.6 Å². The van der Waals surface area contributed by atoms with Crippen molar-refractivity contribution in [3.05, 3.63) is 10.8 Å². The van der Waals surface area contributed by atoms with E-state index in [2.05, 4.69) is 27.0 Å². The zero-order chi connectivity index (χ0) is 11.7. The Hall–Kier alpha value is -0.940. The predicted molar refractivity (Wildman–Crippen MR) is 61.8 cm³/mol. The summed E-state index contributed by atoms with van der Waals surface area (Å²) in [5.41, 5.74) is 0.706. The molecule has 1 aromatic heterocycles. The molecule has 2 rings (SSSR count). The molecule has 0 unspecified atom stereocenters. The van der Waals surface area contributed by atoms with Crippen molar-refractivity contribution in [3.63, 3.8) is 0 Å². The van der Waals surface area contributed by atoms with Crippen molar-refractivity contribution in [3.8, 4) is 0 Å². The van der Waals surface area contributed by atoms with E-state index >= 15 is 0 Å². The zero-order valence-corrected chi connectivity index (χ0v) is 10.4. The van der Waals surface area contributed by atoms with Crippen molar-refractivity contribution in [2.24, 2.45) is 0 Å². The van der Waals surface area contributed by atoms with E-state index in [4.69, 9.17) is 16.3 Å². The smallest absolute Gasteiger partial charge is 0.246 e. The molecule has 0 radical (unpaired) electrons. The summed E-state index contributed by atoms with van der Waals surface area (Å²) in [6.45, 7) is 7.42. The van der Waals surface area contributed by atoms with Gasteiger partial charge in [-0.3, -0.25) is 0 Å². The first-order chi connectivity index (χ1) is 7.58. The molecule has 0 amide bonds. The van der Waals surface area contributed by atoms with E-state index < -0.39 is 0 Å². The molecule has 0 bridgehead atoms. The summed E-state index contributed by atoms with van der Waals surface area (Å²) in [5, 5.41) is 8.27. The molecule has 88 valence electrons. The number of nitrogens with zero attached hydrogens (tertiary/aromatic N) is 4. The second-order valence-electron chi connectivity index (χ2n) is 4.13. The van der Waals surface area contributed by atoms with Crippen molar-refractivity contribution in [1.82, 2.24) is 15.2 Å². The van der Waals surface area contributed by atoms with Crippen LogP contribution in [0.2, 0.25) is 5.15 Å². The number of aryl methyl sites for hydroxylation is 1. The molecule has 1 aliphatic heterocycles. The minimum absolute atomic E-state index is 0.191. The van der Waals surface area contributed by atoms with Gasteiger partial charge in [0.25, 0.3) is 0 Å². The minimum Gasteiger partial charge on any atom is -0.375 e. The first-order valence-corrected chi connectivity index (χ1v) is 5.70. The monoisotopic (exact) mass is 242 g/mol. The summed E-state index contributed by atoms with van der Waals surface area (Å²) in [6, 6.07) is 0.263. The Balaban J connectivity index is 2.24. The van der Waals surface area contributed by atoms with Gasteiger partial charge in [0.05, 0.1) is 24.4 Å². The highest BCUT2D eigenvalue weighted by Gasteiger charge is 2.26. The van der Waals surface area contributed by atoms with E-state index in [0.717, 1.165) is 6.54 Å². The molecular formula is C10H15ClN4O. The molecule has 0 saturated carbocycles. The maximum absolute atomic E-state index is 5.81. The fourth-order valence-corrected chi connectivity index (χ4v) is 1.76. The summed E-state index contributed by atoms with van der Waals surface area (Å²) in [7, 11) is 0. The lowest BCUT2D eigenvalue weighted by Crippen LogP contribution is -2.48. The second-order valence-corrected chi connectivity index (χ2v) is 4.49. The molecule has 1 fully saturated rings. The highest BCUT2D eigenvalue weighted by Crippen LogP contribution is 2.19. The van der Waals surface area contributed by atoms with E-state index in [-0.39, 0.29) is 12.1 Å². The van der Waals surface area contributed by atoms with Crippen LogP contribution in [-0.2, 0) is 4.74 Å². The van der Waals surface area contributed by atoms with Crippen molar-refractivity contribution in [2.75, 3.05) is 18.1 Å². The SMILES string of the molecule is Cc1nc(N2C[C@H](C)OC[C@H]2C)nnc1Cl. The van der Waals surface area contributed by atoms with Crippen LogP contribution in [0, 0.1) is 6.92 Å². The third-order valence-electron chi connectivity index (χ3n) is 2.66. The summed E-state index contributed by atoms with van der Waals surface area (Å²) < 4.78 is 5.55. The van der Waals surface area contributed by atoms with Gasteiger partial charge in [-0.2, -0.15) is 0 Å². The highest BCUT2D eigenvalue weighted by atomic mass is 35.5. The van der Waals surface area contributed by atoms with Crippen LogP contribution in [0.25, 0.3) is 0 Å². The van der Waals surface area contributed by atoms with Crippen LogP contribution in [0.1, 0.15) is 19.5 Å². The van der Waals surface area contributed by atoms with Gasteiger partial charge in [0, 0.05) is 6.54 Å². The first kappa shape index (κ1) is 11.5. The Kier molecular flexibility index (Phi) is 3.25. The van der Waals surface area contributed by atoms with E-state index in [1.807, 2.05) is 13.8 Å². The molecule has 2 atom stereocenters. The average Bonchev–Trinajstić information content (AvgIpc) is 2.26. The van der Waals surface area contributed by atoms with Crippen LogP contribution < -0.4 is 4.90 Å². The van der Waals surface area contributed by atoms with E-state index in [1.54, 1.807) is 0 Å². The summed E-state index contributed by atoms with van der Waals surface area (Å²) in [6.07, 6.45) is 0.191. The molecule has 2 heterocycles. The van der Waals surface area contributed by atoms with Crippen molar-refractivity contribution in [1.29, 1.82) is 0 Å². The van der Waals surface area contributed by atoms with Gasteiger partial charge in [0.2, 0.25) is 5.95 Å².